The van der Waals surface area contributed by atoms with Crippen LogP contribution in [0.1, 0.15) is 16.9 Å². The first-order valence-electron chi connectivity index (χ1n) is 6.16. The third-order valence-corrected chi connectivity index (χ3v) is 5.76. The summed E-state index contributed by atoms with van der Waals surface area (Å²) in [6.45, 7) is 0.129. The quantitative estimate of drug-likeness (QED) is 0.778. The SMILES string of the molecule is O=C(NCc1sccc1C#CCO)C1CCS(=O)(=O)C1. The number of amides is 1. The smallest absolute Gasteiger partial charge is 0.224 e. The normalized spacial score (nSPS) is 20.1. The molecule has 0 saturated carbocycles. The van der Waals surface area contributed by atoms with E-state index in [1.807, 2.05) is 11.4 Å². The maximum atomic E-state index is 11.9. The van der Waals surface area contributed by atoms with E-state index in [-0.39, 0.29) is 24.0 Å². The Hall–Kier alpha value is -1.36. The molecule has 2 rings (SSSR count). The van der Waals surface area contributed by atoms with E-state index >= 15 is 0 Å². The summed E-state index contributed by atoms with van der Waals surface area (Å²) in [4.78, 5) is 12.8. The monoisotopic (exact) mass is 313 g/mol. The van der Waals surface area contributed by atoms with Crippen LogP contribution in [0.2, 0.25) is 0 Å². The Morgan fingerprint density at radius 1 is 1.55 bits per heavy atom. The highest BCUT2D eigenvalue weighted by molar-refractivity contribution is 7.91. The molecule has 0 aromatic carbocycles. The Morgan fingerprint density at radius 3 is 3.00 bits per heavy atom. The molecular formula is C13H15NO4S2. The lowest BCUT2D eigenvalue weighted by molar-refractivity contribution is -0.124. The molecule has 1 aliphatic rings. The Labute approximate surface area is 121 Å². The number of carbonyl (C=O) groups excluding carboxylic acids is 1. The summed E-state index contributed by atoms with van der Waals surface area (Å²) >= 11 is 1.47. The van der Waals surface area contributed by atoms with Gasteiger partial charge in [-0.3, -0.25) is 4.79 Å². The molecule has 0 bridgehead atoms. The zero-order valence-corrected chi connectivity index (χ0v) is 12.4. The van der Waals surface area contributed by atoms with E-state index in [0.29, 0.717) is 13.0 Å². The maximum absolute atomic E-state index is 11.9. The highest BCUT2D eigenvalue weighted by Crippen LogP contribution is 2.19. The Kier molecular flexibility index (Phi) is 4.81. The van der Waals surface area contributed by atoms with Crippen molar-refractivity contribution in [3.8, 4) is 11.8 Å². The van der Waals surface area contributed by atoms with Crippen molar-refractivity contribution in [1.82, 2.24) is 5.32 Å². The molecule has 1 atom stereocenters. The first kappa shape index (κ1) is 15.0. The highest BCUT2D eigenvalue weighted by atomic mass is 32.2. The van der Waals surface area contributed by atoms with Gasteiger partial charge in [-0.1, -0.05) is 11.8 Å². The van der Waals surface area contributed by atoms with Crippen LogP contribution in [0.4, 0.5) is 0 Å². The summed E-state index contributed by atoms with van der Waals surface area (Å²) in [5.74, 6) is 4.76. The van der Waals surface area contributed by atoms with E-state index in [9.17, 15) is 13.2 Å². The molecule has 1 unspecified atom stereocenters. The summed E-state index contributed by atoms with van der Waals surface area (Å²) in [6, 6.07) is 1.83. The maximum Gasteiger partial charge on any atom is 0.224 e. The van der Waals surface area contributed by atoms with Gasteiger partial charge in [-0.05, 0) is 17.9 Å². The van der Waals surface area contributed by atoms with Gasteiger partial charge in [0, 0.05) is 10.4 Å². The zero-order chi connectivity index (χ0) is 14.6. The van der Waals surface area contributed by atoms with Crippen molar-refractivity contribution in [3.05, 3.63) is 21.9 Å². The number of hydrogen-bond acceptors (Lipinski definition) is 5. The van der Waals surface area contributed by atoms with Crippen molar-refractivity contribution in [2.45, 2.75) is 13.0 Å². The van der Waals surface area contributed by atoms with Gasteiger partial charge in [0.15, 0.2) is 9.84 Å². The van der Waals surface area contributed by atoms with Crippen LogP contribution in [0.25, 0.3) is 0 Å². The molecule has 1 aromatic rings. The molecule has 1 amide bonds. The molecule has 2 heterocycles. The lowest BCUT2D eigenvalue weighted by Crippen LogP contribution is -2.30. The van der Waals surface area contributed by atoms with Gasteiger partial charge in [0.25, 0.3) is 0 Å². The Balaban J connectivity index is 1.93. The van der Waals surface area contributed by atoms with E-state index in [0.717, 1.165) is 10.4 Å². The molecule has 0 radical (unpaired) electrons. The van der Waals surface area contributed by atoms with Gasteiger partial charge < -0.3 is 10.4 Å². The van der Waals surface area contributed by atoms with Crippen LogP contribution < -0.4 is 5.32 Å². The average molecular weight is 313 g/mol. The number of aliphatic hydroxyl groups is 1. The second kappa shape index (κ2) is 6.39. The molecule has 1 fully saturated rings. The van der Waals surface area contributed by atoms with Crippen molar-refractivity contribution < 1.29 is 18.3 Å². The minimum absolute atomic E-state index is 0.0551. The van der Waals surface area contributed by atoms with Crippen molar-refractivity contribution >= 4 is 27.1 Å². The van der Waals surface area contributed by atoms with Crippen LogP contribution in [-0.4, -0.2) is 37.5 Å². The molecule has 1 saturated heterocycles. The second-order valence-corrected chi connectivity index (χ2v) is 7.76. The summed E-state index contributed by atoms with van der Waals surface area (Å²) in [5, 5.41) is 13.3. The predicted molar refractivity (Wildman–Crippen MR) is 76.9 cm³/mol. The molecule has 1 aliphatic heterocycles. The largest absolute Gasteiger partial charge is 0.384 e. The van der Waals surface area contributed by atoms with Gasteiger partial charge >= 0.3 is 0 Å². The molecule has 0 aliphatic carbocycles. The molecule has 7 heteroatoms. The molecule has 5 nitrogen and oxygen atoms in total. The van der Waals surface area contributed by atoms with Gasteiger partial charge in [-0.15, -0.1) is 11.3 Å². The predicted octanol–water partition coefficient (Wildman–Crippen LogP) is 0.143. The lowest BCUT2D eigenvalue weighted by atomic mass is 10.1. The Morgan fingerprint density at radius 2 is 2.35 bits per heavy atom. The highest BCUT2D eigenvalue weighted by Gasteiger charge is 2.32. The summed E-state index contributed by atoms with van der Waals surface area (Å²) in [7, 11) is -3.04. The standard InChI is InChI=1S/C13H15NO4S2/c15-5-1-2-10-3-6-19-12(10)8-14-13(16)11-4-7-20(17,18)9-11/h3,6,11,15H,4-5,7-9H2,(H,14,16). The fourth-order valence-corrected chi connectivity index (χ4v) is 4.55. The molecule has 108 valence electrons. The van der Waals surface area contributed by atoms with Gasteiger partial charge in [0.2, 0.25) is 5.91 Å². The van der Waals surface area contributed by atoms with E-state index in [1.165, 1.54) is 11.3 Å². The van der Waals surface area contributed by atoms with Gasteiger partial charge in [0.1, 0.15) is 6.61 Å². The lowest BCUT2D eigenvalue weighted by Gasteiger charge is -2.08. The van der Waals surface area contributed by atoms with Crippen LogP contribution in [-0.2, 0) is 21.2 Å². The topological polar surface area (TPSA) is 83.5 Å². The van der Waals surface area contributed by atoms with Gasteiger partial charge in [-0.25, -0.2) is 8.42 Å². The molecule has 1 aromatic heterocycles. The van der Waals surface area contributed by atoms with Crippen LogP contribution in [0.5, 0.6) is 0 Å². The number of carbonyl (C=O) groups is 1. The zero-order valence-electron chi connectivity index (χ0n) is 10.8. The van der Waals surface area contributed by atoms with Crippen molar-refractivity contribution in [1.29, 1.82) is 0 Å². The van der Waals surface area contributed by atoms with E-state index < -0.39 is 15.8 Å². The van der Waals surface area contributed by atoms with E-state index in [1.54, 1.807) is 0 Å². The third kappa shape index (κ3) is 3.82. The molecule has 0 spiro atoms. The summed E-state index contributed by atoms with van der Waals surface area (Å²) < 4.78 is 22.7. The van der Waals surface area contributed by atoms with Gasteiger partial charge in [-0.2, -0.15) is 0 Å². The van der Waals surface area contributed by atoms with E-state index in [2.05, 4.69) is 17.2 Å². The minimum atomic E-state index is -3.04. The molecule has 20 heavy (non-hydrogen) atoms. The Bertz CT molecular complexity index is 651. The first-order chi connectivity index (χ1) is 9.52. The number of sulfone groups is 1. The van der Waals surface area contributed by atoms with Crippen molar-refractivity contribution in [3.63, 3.8) is 0 Å². The van der Waals surface area contributed by atoms with E-state index in [4.69, 9.17) is 5.11 Å². The number of thiophene rings is 1. The van der Waals surface area contributed by atoms with Crippen molar-refractivity contribution in [2.24, 2.45) is 5.92 Å². The first-order valence-corrected chi connectivity index (χ1v) is 8.86. The third-order valence-electron chi connectivity index (χ3n) is 3.07. The number of nitrogens with one attached hydrogen (secondary N) is 1. The average Bonchev–Trinajstić information content (AvgIpc) is 2.99. The second-order valence-electron chi connectivity index (χ2n) is 4.54. The molecule has 2 N–H and O–H groups in total. The fourth-order valence-electron chi connectivity index (χ4n) is 2.04. The summed E-state index contributed by atoms with van der Waals surface area (Å²) in [6.07, 6.45) is 0.399. The van der Waals surface area contributed by atoms with Crippen LogP contribution >= 0.6 is 11.3 Å². The van der Waals surface area contributed by atoms with Crippen molar-refractivity contribution in [2.75, 3.05) is 18.1 Å². The number of hydrogen-bond donors (Lipinski definition) is 2. The number of rotatable bonds is 3. The molecular weight excluding hydrogens is 298 g/mol. The van der Waals surface area contributed by atoms with Crippen LogP contribution in [0, 0.1) is 17.8 Å². The van der Waals surface area contributed by atoms with Crippen LogP contribution in [0.3, 0.4) is 0 Å². The van der Waals surface area contributed by atoms with Gasteiger partial charge in [0.05, 0.1) is 24.0 Å². The minimum Gasteiger partial charge on any atom is -0.384 e. The fraction of sp³-hybridized carbons (Fsp3) is 0.462. The summed E-state index contributed by atoms with van der Waals surface area (Å²) in [5.41, 5.74) is 0.781. The number of aliphatic hydroxyl groups excluding tert-OH is 1. The van der Waals surface area contributed by atoms with Crippen LogP contribution in [0.15, 0.2) is 11.4 Å².